The molecule has 0 amide bonds. The molecule has 0 saturated carbocycles. The highest BCUT2D eigenvalue weighted by molar-refractivity contribution is 6.00. The molecule has 5 rings (SSSR count). The Balaban J connectivity index is 1.54. The summed E-state index contributed by atoms with van der Waals surface area (Å²) in [5.41, 5.74) is 2.89. The molecule has 0 radical (unpaired) electrons. The fourth-order valence-electron chi connectivity index (χ4n) is 4.47. The number of anilines is 1. The summed E-state index contributed by atoms with van der Waals surface area (Å²) in [5, 5.41) is 14.7. The van der Waals surface area contributed by atoms with Crippen molar-refractivity contribution in [3.05, 3.63) is 42.2 Å². The fraction of sp³-hybridized carbons (Fsp3) is 0.409. The van der Waals surface area contributed by atoms with Gasteiger partial charge < -0.3 is 14.8 Å². The highest BCUT2D eigenvalue weighted by Crippen LogP contribution is 2.37. The molecular formula is C22H24N4O2. The lowest BCUT2D eigenvalue weighted by Gasteiger charge is -2.29. The van der Waals surface area contributed by atoms with Crippen LogP contribution in [0.2, 0.25) is 0 Å². The number of hydrogen-bond acceptors (Lipinski definition) is 6. The first-order valence-corrected chi connectivity index (χ1v) is 9.88. The molecule has 0 aliphatic carbocycles. The number of nitrogens with zero attached hydrogens (tertiary/aromatic N) is 3. The summed E-state index contributed by atoms with van der Waals surface area (Å²) in [7, 11) is 1.69. The minimum atomic E-state index is 0.365. The van der Waals surface area contributed by atoms with Gasteiger partial charge in [-0.25, -0.2) is 0 Å². The number of ether oxygens (including phenoxy) is 2. The molecule has 6 heteroatoms. The average molecular weight is 376 g/mol. The SMILES string of the molecule is COc1cc(C)ccc1-c1nnc(NC2C[C@H]3CC[C@@H](C2)O3)c2cnccc12. The van der Waals surface area contributed by atoms with Gasteiger partial charge in [0.05, 0.1) is 19.3 Å². The summed E-state index contributed by atoms with van der Waals surface area (Å²) in [6.07, 6.45) is 8.80. The van der Waals surface area contributed by atoms with E-state index in [9.17, 15) is 0 Å². The Morgan fingerprint density at radius 2 is 1.89 bits per heavy atom. The number of aryl methyl sites for hydroxylation is 1. The van der Waals surface area contributed by atoms with E-state index >= 15 is 0 Å². The van der Waals surface area contributed by atoms with E-state index in [0.717, 1.165) is 52.0 Å². The van der Waals surface area contributed by atoms with Gasteiger partial charge in [0.1, 0.15) is 11.4 Å². The maximum atomic E-state index is 5.96. The van der Waals surface area contributed by atoms with Crippen molar-refractivity contribution in [1.82, 2.24) is 15.2 Å². The lowest BCUT2D eigenvalue weighted by molar-refractivity contribution is 0.000663. The monoisotopic (exact) mass is 376 g/mol. The molecule has 2 fully saturated rings. The van der Waals surface area contributed by atoms with Gasteiger partial charge in [-0.15, -0.1) is 10.2 Å². The zero-order valence-corrected chi connectivity index (χ0v) is 16.2. The van der Waals surface area contributed by atoms with E-state index in [1.165, 1.54) is 12.8 Å². The third-order valence-electron chi connectivity index (χ3n) is 5.82. The van der Waals surface area contributed by atoms with Crippen LogP contribution in [0.3, 0.4) is 0 Å². The molecule has 1 N–H and O–H groups in total. The largest absolute Gasteiger partial charge is 0.496 e. The number of fused-ring (bicyclic) bond motifs is 3. The number of methoxy groups -OCH3 is 1. The minimum Gasteiger partial charge on any atom is -0.496 e. The molecule has 2 aliphatic rings. The second kappa shape index (κ2) is 7.02. The smallest absolute Gasteiger partial charge is 0.158 e. The molecular weight excluding hydrogens is 352 g/mol. The molecule has 1 aromatic carbocycles. The molecule has 1 unspecified atom stereocenters. The Hall–Kier alpha value is -2.73. The molecule has 4 heterocycles. The fourth-order valence-corrected chi connectivity index (χ4v) is 4.47. The van der Waals surface area contributed by atoms with Crippen molar-refractivity contribution >= 4 is 16.6 Å². The maximum absolute atomic E-state index is 5.96. The molecule has 6 nitrogen and oxygen atoms in total. The summed E-state index contributed by atoms with van der Waals surface area (Å²) >= 11 is 0. The molecule has 2 aliphatic heterocycles. The number of pyridine rings is 1. The first-order chi connectivity index (χ1) is 13.7. The van der Waals surface area contributed by atoms with E-state index in [4.69, 9.17) is 9.47 Å². The summed E-state index contributed by atoms with van der Waals surface area (Å²) in [4.78, 5) is 4.34. The third-order valence-corrected chi connectivity index (χ3v) is 5.82. The van der Waals surface area contributed by atoms with E-state index in [0.29, 0.717) is 18.2 Å². The Morgan fingerprint density at radius 1 is 1.07 bits per heavy atom. The van der Waals surface area contributed by atoms with Gasteiger partial charge in [0.25, 0.3) is 0 Å². The topological polar surface area (TPSA) is 69.2 Å². The van der Waals surface area contributed by atoms with E-state index in [2.05, 4.69) is 26.6 Å². The van der Waals surface area contributed by atoms with Crippen LogP contribution >= 0.6 is 0 Å². The minimum absolute atomic E-state index is 0.365. The lowest BCUT2D eigenvalue weighted by Crippen LogP contribution is -2.34. The molecule has 0 spiro atoms. The average Bonchev–Trinajstić information content (AvgIpc) is 3.06. The maximum Gasteiger partial charge on any atom is 0.158 e. The summed E-state index contributed by atoms with van der Waals surface area (Å²) in [5.74, 6) is 1.60. The number of hydrogen-bond donors (Lipinski definition) is 1. The van der Waals surface area contributed by atoms with Crippen LogP contribution in [0.25, 0.3) is 22.0 Å². The Labute approximate surface area is 164 Å². The van der Waals surface area contributed by atoms with Gasteiger partial charge >= 0.3 is 0 Å². The van der Waals surface area contributed by atoms with Crippen molar-refractivity contribution in [3.63, 3.8) is 0 Å². The Bertz CT molecular complexity index is 1010. The normalized spacial score (nSPS) is 23.7. The zero-order chi connectivity index (χ0) is 19.1. The van der Waals surface area contributed by atoms with Crippen LogP contribution in [0.1, 0.15) is 31.2 Å². The quantitative estimate of drug-likeness (QED) is 0.738. The third kappa shape index (κ3) is 3.07. The van der Waals surface area contributed by atoms with Crippen molar-refractivity contribution in [3.8, 4) is 17.0 Å². The van der Waals surface area contributed by atoms with Crippen molar-refractivity contribution in [2.24, 2.45) is 0 Å². The van der Waals surface area contributed by atoms with Gasteiger partial charge in [-0.2, -0.15) is 0 Å². The van der Waals surface area contributed by atoms with Crippen LogP contribution < -0.4 is 10.1 Å². The van der Waals surface area contributed by atoms with Gasteiger partial charge in [0.2, 0.25) is 0 Å². The van der Waals surface area contributed by atoms with Gasteiger partial charge in [-0.3, -0.25) is 4.98 Å². The van der Waals surface area contributed by atoms with Crippen LogP contribution in [0.15, 0.2) is 36.7 Å². The van der Waals surface area contributed by atoms with Crippen molar-refractivity contribution < 1.29 is 9.47 Å². The second-order valence-electron chi connectivity index (χ2n) is 7.79. The molecule has 28 heavy (non-hydrogen) atoms. The molecule has 2 bridgehead atoms. The molecule has 3 aromatic rings. The highest BCUT2D eigenvalue weighted by Gasteiger charge is 2.35. The van der Waals surface area contributed by atoms with Gasteiger partial charge in [0, 0.05) is 34.8 Å². The van der Waals surface area contributed by atoms with Crippen molar-refractivity contribution in [1.29, 1.82) is 0 Å². The molecule has 144 valence electrons. The predicted molar refractivity (Wildman–Crippen MR) is 109 cm³/mol. The van der Waals surface area contributed by atoms with Crippen molar-refractivity contribution in [2.45, 2.75) is 50.9 Å². The molecule has 3 atom stereocenters. The standard InChI is InChI=1S/C22H24N4O2/c1-13-3-6-18(20(9-13)27-2)21-17-7-8-23-12-19(17)22(26-25-21)24-14-10-15-4-5-16(11-14)28-15/h3,6-9,12,14-16H,4-5,10-11H2,1-2H3,(H,24,26)/t14?,15-,16+. The summed E-state index contributed by atoms with van der Waals surface area (Å²) in [6.45, 7) is 2.05. The van der Waals surface area contributed by atoms with Gasteiger partial charge in [-0.05, 0) is 56.4 Å². The molecule has 2 aromatic heterocycles. The van der Waals surface area contributed by atoms with Gasteiger partial charge in [-0.1, -0.05) is 6.07 Å². The number of rotatable bonds is 4. The second-order valence-corrected chi connectivity index (χ2v) is 7.79. The van der Waals surface area contributed by atoms with Crippen LogP contribution in [-0.4, -0.2) is 40.5 Å². The Morgan fingerprint density at radius 3 is 2.68 bits per heavy atom. The van der Waals surface area contributed by atoms with Crippen LogP contribution in [0.5, 0.6) is 5.75 Å². The highest BCUT2D eigenvalue weighted by atomic mass is 16.5. The number of aromatic nitrogens is 3. The van der Waals surface area contributed by atoms with E-state index in [1.807, 2.05) is 31.3 Å². The number of nitrogens with one attached hydrogen (secondary N) is 1. The zero-order valence-electron chi connectivity index (χ0n) is 16.2. The molecule has 2 saturated heterocycles. The predicted octanol–water partition coefficient (Wildman–Crippen LogP) is 4.13. The van der Waals surface area contributed by atoms with E-state index in [1.54, 1.807) is 13.3 Å². The van der Waals surface area contributed by atoms with Crippen LogP contribution in [-0.2, 0) is 4.74 Å². The van der Waals surface area contributed by atoms with E-state index < -0.39 is 0 Å². The number of benzene rings is 1. The van der Waals surface area contributed by atoms with Crippen LogP contribution in [0.4, 0.5) is 5.82 Å². The first kappa shape index (κ1) is 17.4. The summed E-state index contributed by atoms with van der Waals surface area (Å²) < 4.78 is 11.6. The van der Waals surface area contributed by atoms with Crippen molar-refractivity contribution in [2.75, 3.05) is 12.4 Å². The lowest BCUT2D eigenvalue weighted by atomic mass is 10.0. The Kier molecular flexibility index (Phi) is 4.36. The first-order valence-electron chi connectivity index (χ1n) is 9.88. The van der Waals surface area contributed by atoms with E-state index in [-0.39, 0.29) is 0 Å². The summed E-state index contributed by atoms with van der Waals surface area (Å²) in [6, 6.07) is 8.49. The van der Waals surface area contributed by atoms with Crippen LogP contribution in [0, 0.1) is 6.92 Å². The van der Waals surface area contributed by atoms with Gasteiger partial charge in [0.15, 0.2) is 5.82 Å².